The van der Waals surface area contributed by atoms with Crippen LogP contribution in [0.1, 0.15) is 23.2 Å². The topological polar surface area (TPSA) is 75.9 Å². The molecule has 0 bridgehead atoms. The number of carbonyl (C=O) groups is 1. The van der Waals surface area contributed by atoms with Gasteiger partial charge in [0.25, 0.3) is 5.91 Å². The highest BCUT2D eigenvalue weighted by Gasteiger charge is 2.18. The van der Waals surface area contributed by atoms with Crippen LogP contribution >= 0.6 is 0 Å². The molecular formula is C18H17FN6O. The Hall–Kier alpha value is -3.29. The van der Waals surface area contributed by atoms with Crippen LogP contribution in [-0.4, -0.2) is 38.7 Å². The molecule has 0 atom stereocenters. The maximum atomic E-state index is 13.3. The van der Waals surface area contributed by atoms with Crippen molar-refractivity contribution >= 4 is 17.3 Å². The molecule has 0 spiro atoms. The molecule has 2 aromatic heterocycles. The second-order valence-electron chi connectivity index (χ2n) is 6.06. The minimum atomic E-state index is -0.454. The van der Waals surface area contributed by atoms with E-state index >= 15 is 0 Å². The van der Waals surface area contributed by atoms with Gasteiger partial charge in [-0.2, -0.15) is 5.10 Å². The van der Waals surface area contributed by atoms with Crippen molar-refractivity contribution in [2.45, 2.75) is 12.8 Å². The molecule has 8 heteroatoms. The second-order valence-corrected chi connectivity index (χ2v) is 6.06. The van der Waals surface area contributed by atoms with Gasteiger partial charge in [0.05, 0.1) is 24.3 Å². The van der Waals surface area contributed by atoms with Crippen LogP contribution in [0.5, 0.6) is 0 Å². The Balaban J connectivity index is 1.56. The van der Waals surface area contributed by atoms with Crippen molar-refractivity contribution in [3.05, 3.63) is 60.6 Å². The number of hydrogen-bond acceptors (Lipinski definition) is 5. The first-order chi connectivity index (χ1) is 12.7. The Kier molecular flexibility index (Phi) is 4.30. The van der Waals surface area contributed by atoms with Gasteiger partial charge in [0.2, 0.25) is 0 Å². The predicted molar refractivity (Wildman–Crippen MR) is 95.0 cm³/mol. The summed E-state index contributed by atoms with van der Waals surface area (Å²) in [5, 5.41) is 7.01. The summed E-state index contributed by atoms with van der Waals surface area (Å²) in [5.41, 5.74) is 1.67. The Morgan fingerprint density at radius 3 is 2.85 bits per heavy atom. The van der Waals surface area contributed by atoms with Gasteiger partial charge < -0.3 is 10.2 Å². The molecule has 0 radical (unpaired) electrons. The van der Waals surface area contributed by atoms with Crippen LogP contribution in [0.25, 0.3) is 5.82 Å². The lowest BCUT2D eigenvalue weighted by atomic mass is 10.2. The third kappa shape index (κ3) is 3.26. The van der Waals surface area contributed by atoms with Gasteiger partial charge in [-0.3, -0.25) is 4.79 Å². The lowest BCUT2D eigenvalue weighted by Crippen LogP contribution is -2.20. The summed E-state index contributed by atoms with van der Waals surface area (Å²) in [6.45, 7) is 1.93. The number of amides is 1. The monoisotopic (exact) mass is 352 g/mol. The van der Waals surface area contributed by atoms with Gasteiger partial charge in [-0.1, -0.05) is 6.07 Å². The second kappa shape index (κ2) is 6.91. The van der Waals surface area contributed by atoms with E-state index in [1.165, 1.54) is 30.7 Å². The Morgan fingerprint density at radius 1 is 1.19 bits per heavy atom. The van der Waals surface area contributed by atoms with E-state index in [2.05, 4.69) is 25.3 Å². The highest BCUT2D eigenvalue weighted by Crippen LogP contribution is 2.25. The van der Waals surface area contributed by atoms with Gasteiger partial charge in [-0.25, -0.2) is 19.0 Å². The number of nitrogens with zero attached hydrogens (tertiary/aromatic N) is 5. The maximum Gasteiger partial charge on any atom is 0.255 e. The highest BCUT2D eigenvalue weighted by atomic mass is 19.1. The number of hydrogen-bond donors (Lipinski definition) is 1. The van der Waals surface area contributed by atoms with Crippen LogP contribution in [0.4, 0.5) is 15.8 Å². The molecule has 1 aliphatic rings. The van der Waals surface area contributed by atoms with Gasteiger partial charge in [0, 0.05) is 18.7 Å². The van der Waals surface area contributed by atoms with Crippen molar-refractivity contribution in [2.75, 3.05) is 23.3 Å². The van der Waals surface area contributed by atoms with E-state index in [1.807, 2.05) is 0 Å². The van der Waals surface area contributed by atoms with E-state index in [4.69, 9.17) is 0 Å². The van der Waals surface area contributed by atoms with E-state index < -0.39 is 11.7 Å². The minimum absolute atomic E-state index is 0.248. The van der Waals surface area contributed by atoms with E-state index in [0.29, 0.717) is 11.5 Å². The molecule has 0 unspecified atom stereocenters. The van der Waals surface area contributed by atoms with Gasteiger partial charge >= 0.3 is 0 Å². The largest absolute Gasteiger partial charge is 0.367 e. The molecule has 1 saturated heterocycles. The van der Waals surface area contributed by atoms with E-state index in [-0.39, 0.29) is 5.56 Å². The summed E-state index contributed by atoms with van der Waals surface area (Å²) in [4.78, 5) is 22.9. The molecule has 1 aliphatic heterocycles. The number of nitrogens with one attached hydrogen (secondary N) is 1. The van der Waals surface area contributed by atoms with Crippen molar-refractivity contribution in [3.63, 3.8) is 0 Å². The molecule has 1 aromatic carbocycles. The zero-order valence-electron chi connectivity index (χ0n) is 14.0. The summed E-state index contributed by atoms with van der Waals surface area (Å²) in [6.07, 6.45) is 8.75. The van der Waals surface area contributed by atoms with Crippen LogP contribution in [0.15, 0.2) is 49.2 Å². The molecule has 7 nitrogen and oxygen atoms in total. The van der Waals surface area contributed by atoms with Crippen molar-refractivity contribution in [3.8, 4) is 5.82 Å². The van der Waals surface area contributed by atoms with Crippen LogP contribution in [-0.2, 0) is 0 Å². The molecule has 26 heavy (non-hydrogen) atoms. The molecule has 132 valence electrons. The SMILES string of the molecule is O=C(Nc1cnn(-c2ncncc2N2CCCC2)c1)c1cccc(F)c1. The first-order valence-corrected chi connectivity index (χ1v) is 8.37. The smallest absolute Gasteiger partial charge is 0.255 e. The average Bonchev–Trinajstić information content (AvgIpc) is 3.34. The predicted octanol–water partition coefficient (Wildman–Crippen LogP) is 2.65. The summed E-state index contributed by atoms with van der Waals surface area (Å²) >= 11 is 0. The fourth-order valence-corrected chi connectivity index (χ4v) is 3.01. The zero-order chi connectivity index (χ0) is 17.9. The van der Waals surface area contributed by atoms with Gasteiger partial charge in [0.15, 0.2) is 5.82 Å². The van der Waals surface area contributed by atoms with Crippen LogP contribution in [0.2, 0.25) is 0 Å². The molecule has 0 saturated carbocycles. The number of carbonyl (C=O) groups excluding carboxylic acids is 1. The molecule has 3 heterocycles. The fraction of sp³-hybridized carbons (Fsp3) is 0.222. The molecule has 1 N–H and O–H groups in total. The van der Waals surface area contributed by atoms with Crippen LogP contribution in [0.3, 0.4) is 0 Å². The number of anilines is 2. The number of aromatic nitrogens is 4. The summed E-state index contributed by atoms with van der Waals surface area (Å²) in [7, 11) is 0. The number of rotatable bonds is 4. The molecule has 0 aliphatic carbocycles. The minimum Gasteiger partial charge on any atom is -0.367 e. The normalized spacial score (nSPS) is 13.8. The van der Waals surface area contributed by atoms with Crippen molar-refractivity contribution in [1.82, 2.24) is 19.7 Å². The third-order valence-corrected chi connectivity index (χ3v) is 4.26. The quantitative estimate of drug-likeness (QED) is 0.781. The maximum absolute atomic E-state index is 13.3. The van der Waals surface area contributed by atoms with Crippen molar-refractivity contribution in [1.29, 1.82) is 0 Å². The standard InChI is InChI=1S/C18H17FN6O/c19-14-5-3-4-13(8-14)18(26)23-15-9-22-25(11-15)17-16(10-20-12-21-17)24-6-1-2-7-24/h3-5,8-12H,1-2,6-7H2,(H,23,26). The summed E-state index contributed by atoms with van der Waals surface area (Å²) in [6, 6.07) is 5.54. The Labute approximate surface area is 149 Å². The Morgan fingerprint density at radius 2 is 2.04 bits per heavy atom. The molecular weight excluding hydrogens is 335 g/mol. The number of benzene rings is 1. The van der Waals surface area contributed by atoms with E-state index in [1.54, 1.807) is 23.1 Å². The highest BCUT2D eigenvalue weighted by molar-refractivity contribution is 6.04. The first kappa shape index (κ1) is 16.2. The fourth-order valence-electron chi connectivity index (χ4n) is 3.01. The van der Waals surface area contributed by atoms with Crippen LogP contribution < -0.4 is 10.2 Å². The molecule has 4 rings (SSSR count). The molecule has 1 fully saturated rings. The third-order valence-electron chi connectivity index (χ3n) is 4.26. The summed E-state index contributed by atoms with van der Waals surface area (Å²) in [5.74, 6) is -0.191. The van der Waals surface area contributed by atoms with Crippen LogP contribution in [0, 0.1) is 5.82 Å². The number of halogens is 1. The van der Waals surface area contributed by atoms with Crippen molar-refractivity contribution in [2.24, 2.45) is 0 Å². The lowest BCUT2D eigenvalue weighted by Gasteiger charge is -2.19. The van der Waals surface area contributed by atoms with Gasteiger partial charge in [-0.15, -0.1) is 0 Å². The lowest BCUT2D eigenvalue weighted by molar-refractivity contribution is 0.102. The average molecular weight is 352 g/mol. The first-order valence-electron chi connectivity index (χ1n) is 8.37. The van der Waals surface area contributed by atoms with E-state index in [9.17, 15) is 9.18 Å². The van der Waals surface area contributed by atoms with E-state index in [0.717, 1.165) is 31.6 Å². The summed E-state index contributed by atoms with van der Waals surface area (Å²) < 4.78 is 14.9. The van der Waals surface area contributed by atoms with Crippen molar-refractivity contribution < 1.29 is 9.18 Å². The van der Waals surface area contributed by atoms with Gasteiger partial charge in [-0.05, 0) is 31.0 Å². The van der Waals surface area contributed by atoms with Gasteiger partial charge in [0.1, 0.15) is 17.8 Å². The molecule has 1 amide bonds. The Bertz CT molecular complexity index is 935. The molecule has 3 aromatic rings. The zero-order valence-corrected chi connectivity index (χ0v) is 14.0.